The first-order chi connectivity index (χ1) is 12.8. The van der Waals surface area contributed by atoms with Gasteiger partial charge in [-0.3, -0.25) is 9.88 Å². The number of aliphatic hydroxyl groups is 1. The first-order valence-corrected chi connectivity index (χ1v) is 9.47. The molecule has 0 aliphatic carbocycles. The molecule has 0 bridgehead atoms. The van der Waals surface area contributed by atoms with Crippen molar-refractivity contribution in [2.24, 2.45) is 5.92 Å². The Balaban J connectivity index is 1.50. The molecule has 4 rings (SSSR count). The van der Waals surface area contributed by atoms with Gasteiger partial charge < -0.3 is 9.52 Å². The van der Waals surface area contributed by atoms with Gasteiger partial charge in [0.2, 0.25) is 0 Å². The van der Waals surface area contributed by atoms with Crippen molar-refractivity contribution < 1.29 is 9.52 Å². The van der Waals surface area contributed by atoms with E-state index >= 15 is 0 Å². The Morgan fingerprint density at radius 3 is 2.63 bits per heavy atom. The molecule has 6 nitrogen and oxygen atoms in total. The predicted octanol–water partition coefficient (Wildman–Crippen LogP) is 3.27. The molecule has 1 aliphatic heterocycles. The molecule has 1 aliphatic rings. The summed E-state index contributed by atoms with van der Waals surface area (Å²) >= 11 is 0. The van der Waals surface area contributed by atoms with Crippen LogP contribution in [0.4, 0.5) is 0 Å². The number of hydrogen-bond acceptors (Lipinski definition) is 6. The van der Waals surface area contributed by atoms with Gasteiger partial charge in [-0.05, 0) is 69.4 Å². The molecule has 142 valence electrons. The van der Waals surface area contributed by atoms with Gasteiger partial charge in [-0.15, -0.1) is 0 Å². The van der Waals surface area contributed by atoms with Gasteiger partial charge in [-0.2, -0.15) is 4.98 Å². The fourth-order valence-corrected chi connectivity index (χ4v) is 4.12. The second-order valence-electron chi connectivity index (χ2n) is 7.83. The fraction of sp³-hybridized carbons (Fsp3) is 0.476. The second-order valence-corrected chi connectivity index (χ2v) is 7.83. The second kappa shape index (κ2) is 6.69. The van der Waals surface area contributed by atoms with Gasteiger partial charge in [0.25, 0.3) is 0 Å². The van der Waals surface area contributed by atoms with E-state index in [9.17, 15) is 5.11 Å². The quantitative estimate of drug-likeness (QED) is 0.764. The Kier molecular flexibility index (Phi) is 4.48. The highest BCUT2D eigenvalue weighted by Crippen LogP contribution is 2.32. The lowest BCUT2D eigenvalue weighted by Gasteiger charge is -2.33. The van der Waals surface area contributed by atoms with E-state index in [0.29, 0.717) is 28.7 Å². The molecule has 4 heterocycles. The molecule has 0 amide bonds. The monoisotopic (exact) mass is 366 g/mol. The zero-order chi connectivity index (χ0) is 19.2. The van der Waals surface area contributed by atoms with E-state index in [-0.39, 0.29) is 0 Å². The summed E-state index contributed by atoms with van der Waals surface area (Å²) in [6.45, 7) is 9.37. The van der Waals surface area contributed by atoms with Crippen LogP contribution in [0.15, 0.2) is 28.7 Å². The summed E-state index contributed by atoms with van der Waals surface area (Å²) in [5.74, 6) is 1.09. The van der Waals surface area contributed by atoms with Crippen molar-refractivity contribution in [3.63, 3.8) is 0 Å². The van der Waals surface area contributed by atoms with Crippen LogP contribution in [0.5, 0.6) is 0 Å². The molecule has 1 N–H and O–H groups in total. The Morgan fingerprint density at radius 1 is 1.15 bits per heavy atom. The lowest BCUT2D eigenvalue weighted by molar-refractivity contribution is -0.0932. The largest absolute Gasteiger partial charge is 0.439 e. The molecular weight excluding hydrogens is 340 g/mol. The van der Waals surface area contributed by atoms with E-state index in [0.717, 1.165) is 37.3 Å². The molecule has 0 saturated carbocycles. The topological polar surface area (TPSA) is 75.3 Å². The standard InChI is InChI=1S/C21H26N4O2/c1-13-9-17(10-14(2)22-13)11-16-7-8-25(12-16)21(4,26)19-6-5-18-20(24-19)23-15(3)27-18/h5-6,9-10,16,26H,7-8,11-12H2,1-4H3/t16-,21+/m1/s1. The maximum Gasteiger partial charge on any atom is 0.199 e. The van der Waals surface area contributed by atoms with Crippen LogP contribution < -0.4 is 0 Å². The molecule has 3 aromatic heterocycles. The Labute approximate surface area is 159 Å². The number of nitrogens with zero attached hydrogens (tertiary/aromatic N) is 4. The molecule has 0 radical (unpaired) electrons. The highest BCUT2D eigenvalue weighted by Gasteiger charge is 2.38. The molecule has 3 aromatic rings. The number of aryl methyl sites for hydroxylation is 3. The Bertz CT molecular complexity index is 959. The molecule has 27 heavy (non-hydrogen) atoms. The lowest BCUT2D eigenvalue weighted by atomic mass is 9.98. The first-order valence-electron chi connectivity index (χ1n) is 9.47. The van der Waals surface area contributed by atoms with Crippen LogP contribution in [-0.2, 0) is 12.1 Å². The van der Waals surface area contributed by atoms with Crippen molar-refractivity contribution in [1.82, 2.24) is 19.9 Å². The average Bonchev–Trinajstić information content (AvgIpc) is 3.18. The fourth-order valence-electron chi connectivity index (χ4n) is 4.12. The van der Waals surface area contributed by atoms with Gasteiger partial charge in [0, 0.05) is 31.4 Å². The van der Waals surface area contributed by atoms with E-state index < -0.39 is 5.72 Å². The molecular formula is C21H26N4O2. The number of fused-ring (bicyclic) bond motifs is 1. The number of likely N-dealkylation sites (tertiary alicyclic amines) is 1. The average molecular weight is 366 g/mol. The van der Waals surface area contributed by atoms with Crippen LogP contribution in [-0.4, -0.2) is 38.0 Å². The third-order valence-electron chi connectivity index (χ3n) is 5.41. The molecule has 1 fully saturated rings. The number of hydrogen-bond donors (Lipinski definition) is 1. The predicted molar refractivity (Wildman–Crippen MR) is 103 cm³/mol. The smallest absolute Gasteiger partial charge is 0.199 e. The summed E-state index contributed by atoms with van der Waals surface area (Å²) in [5, 5.41) is 11.2. The summed E-state index contributed by atoms with van der Waals surface area (Å²) in [7, 11) is 0. The van der Waals surface area contributed by atoms with Crippen LogP contribution in [0.3, 0.4) is 0 Å². The summed E-state index contributed by atoms with van der Waals surface area (Å²) in [5.41, 5.74) is 4.13. The third-order valence-corrected chi connectivity index (χ3v) is 5.41. The van der Waals surface area contributed by atoms with Crippen LogP contribution in [0.25, 0.3) is 11.2 Å². The van der Waals surface area contributed by atoms with E-state index in [1.54, 1.807) is 6.92 Å². The van der Waals surface area contributed by atoms with E-state index in [1.165, 1.54) is 5.56 Å². The van der Waals surface area contributed by atoms with E-state index in [2.05, 4.69) is 32.0 Å². The Hall–Kier alpha value is -2.31. The van der Waals surface area contributed by atoms with Crippen LogP contribution in [0, 0.1) is 26.7 Å². The summed E-state index contributed by atoms with van der Waals surface area (Å²) in [6, 6.07) is 7.99. The summed E-state index contributed by atoms with van der Waals surface area (Å²) in [6.07, 6.45) is 2.06. The molecule has 0 unspecified atom stereocenters. The van der Waals surface area contributed by atoms with Crippen molar-refractivity contribution in [3.05, 3.63) is 52.8 Å². The lowest BCUT2D eigenvalue weighted by Crippen LogP contribution is -2.43. The van der Waals surface area contributed by atoms with E-state index in [1.807, 2.05) is 32.9 Å². The van der Waals surface area contributed by atoms with Gasteiger partial charge in [0.05, 0.1) is 5.69 Å². The first kappa shape index (κ1) is 18.1. The van der Waals surface area contributed by atoms with Gasteiger partial charge in [0.15, 0.2) is 22.8 Å². The van der Waals surface area contributed by atoms with Gasteiger partial charge >= 0.3 is 0 Å². The van der Waals surface area contributed by atoms with Crippen molar-refractivity contribution in [3.8, 4) is 0 Å². The zero-order valence-corrected chi connectivity index (χ0v) is 16.4. The zero-order valence-electron chi connectivity index (χ0n) is 16.4. The molecule has 2 atom stereocenters. The van der Waals surface area contributed by atoms with Gasteiger partial charge in [-0.25, -0.2) is 4.98 Å². The van der Waals surface area contributed by atoms with Gasteiger partial charge in [-0.1, -0.05) is 0 Å². The third kappa shape index (κ3) is 3.59. The molecule has 6 heteroatoms. The summed E-state index contributed by atoms with van der Waals surface area (Å²) < 4.78 is 5.49. The van der Waals surface area contributed by atoms with Crippen molar-refractivity contribution in [2.75, 3.05) is 13.1 Å². The van der Waals surface area contributed by atoms with E-state index in [4.69, 9.17) is 4.42 Å². The highest BCUT2D eigenvalue weighted by molar-refractivity contribution is 5.67. The minimum atomic E-state index is -1.13. The number of rotatable bonds is 4. The summed E-state index contributed by atoms with van der Waals surface area (Å²) in [4.78, 5) is 15.4. The van der Waals surface area contributed by atoms with Gasteiger partial charge in [0.1, 0.15) is 0 Å². The normalized spacial score (nSPS) is 20.3. The SMILES string of the molecule is Cc1cc(C[C@H]2CCN([C@@](C)(O)c3ccc4oc(C)nc4n3)C2)cc(C)n1. The Morgan fingerprint density at radius 2 is 1.89 bits per heavy atom. The van der Waals surface area contributed by atoms with Crippen LogP contribution in [0.2, 0.25) is 0 Å². The van der Waals surface area contributed by atoms with Crippen molar-refractivity contribution in [1.29, 1.82) is 0 Å². The number of pyridine rings is 2. The minimum Gasteiger partial charge on any atom is -0.439 e. The molecule has 1 saturated heterocycles. The number of oxazole rings is 1. The highest BCUT2D eigenvalue weighted by atomic mass is 16.3. The number of aromatic nitrogens is 3. The van der Waals surface area contributed by atoms with Crippen molar-refractivity contribution >= 4 is 11.2 Å². The maximum absolute atomic E-state index is 11.2. The molecule has 0 aromatic carbocycles. The van der Waals surface area contributed by atoms with Crippen molar-refractivity contribution in [2.45, 2.75) is 46.3 Å². The maximum atomic E-state index is 11.2. The van der Waals surface area contributed by atoms with Crippen LogP contribution >= 0.6 is 0 Å². The minimum absolute atomic E-state index is 0.510. The molecule has 0 spiro atoms. The van der Waals surface area contributed by atoms with Crippen LogP contribution in [0.1, 0.15) is 41.9 Å².